The first-order chi connectivity index (χ1) is 10.1. The SMILES string of the molecule is Cc1ccc(C#N)cc1NC(=O)c1csc(C#CCN)c1. The van der Waals surface area contributed by atoms with Crippen molar-refractivity contribution in [1.29, 1.82) is 5.26 Å². The van der Waals surface area contributed by atoms with Gasteiger partial charge in [0.15, 0.2) is 0 Å². The normalized spacial score (nSPS) is 9.38. The highest BCUT2D eigenvalue weighted by atomic mass is 32.1. The molecule has 5 heteroatoms. The van der Waals surface area contributed by atoms with E-state index in [0.29, 0.717) is 23.4 Å². The van der Waals surface area contributed by atoms with Crippen LogP contribution in [0.3, 0.4) is 0 Å². The van der Waals surface area contributed by atoms with E-state index in [2.05, 4.69) is 23.2 Å². The minimum absolute atomic E-state index is 0.217. The van der Waals surface area contributed by atoms with Crippen LogP contribution in [0.5, 0.6) is 0 Å². The van der Waals surface area contributed by atoms with Crippen LogP contribution >= 0.6 is 11.3 Å². The van der Waals surface area contributed by atoms with Crippen LogP contribution in [0.2, 0.25) is 0 Å². The Morgan fingerprint density at radius 1 is 1.43 bits per heavy atom. The van der Waals surface area contributed by atoms with E-state index in [1.54, 1.807) is 29.6 Å². The molecule has 4 nitrogen and oxygen atoms in total. The van der Waals surface area contributed by atoms with Crippen molar-refractivity contribution >= 4 is 22.9 Å². The van der Waals surface area contributed by atoms with E-state index < -0.39 is 0 Å². The fraction of sp³-hybridized carbons (Fsp3) is 0.125. The summed E-state index contributed by atoms with van der Waals surface area (Å²) in [6, 6.07) is 8.97. The number of rotatable bonds is 2. The molecule has 104 valence electrons. The number of anilines is 1. The Balaban J connectivity index is 2.18. The van der Waals surface area contributed by atoms with Crippen molar-refractivity contribution in [3.63, 3.8) is 0 Å². The van der Waals surface area contributed by atoms with Crippen molar-refractivity contribution in [2.24, 2.45) is 5.73 Å². The van der Waals surface area contributed by atoms with Gasteiger partial charge >= 0.3 is 0 Å². The van der Waals surface area contributed by atoms with E-state index in [9.17, 15) is 4.79 Å². The van der Waals surface area contributed by atoms with Crippen LogP contribution in [0, 0.1) is 30.1 Å². The number of amides is 1. The number of nitrogens with zero attached hydrogens (tertiary/aromatic N) is 1. The topological polar surface area (TPSA) is 78.9 Å². The first kappa shape index (κ1) is 14.8. The summed E-state index contributed by atoms with van der Waals surface area (Å²) in [7, 11) is 0. The van der Waals surface area contributed by atoms with Crippen LogP contribution in [0.15, 0.2) is 29.6 Å². The van der Waals surface area contributed by atoms with Crippen LogP contribution < -0.4 is 11.1 Å². The van der Waals surface area contributed by atoms with Gasteiger partial charge in [0.05, 0.1) is 28.6 Å². The molecule has 0 atom stereocenters. The average molecular weight is 295 g/mol. The van der Waals surface area contributed by atoms with Crippen molar-refractivity contribution in [3.8, 4) is 17.9 Å². The molecular formula is C16H13N3OS. The summed E-state index contributed by atoms with van der Waals surface area (Å²) < 4.78 is 0. The molecule has 0 saturated heterocycles. The number of hydrogen-bond donors (Lipinski definition) is 2. The second-order valence-corrected chi connectivity index (χ2v) is 5.21. The zero-order valence-corrected chi connectivity index (χ0v) is 12.3. The summed E-state index contributed by atoms with van der Waals surface area (Å²) in [6.45, 7) is 2.17. The van der Waals surface area contributed by atoms with Gasteiger partial charge in [-0.25, -0.2) is 0 Å². The molecule has 0 aliphatic rings. The molecule has 0 aliphatic carbocycles. The number of benzene rings is 1. The van der Waals surface area contributed by atoms with E-state index in [1.807, 2.05) is 6.92 Å². The number of nitriles is 1. The highest BCUT2D eigenvalue weighted by molar-refractivity contribution is 7.10. The Morgan fingerprint density at radius 2 is 2.24 bits per heavy atom. The third-order valence-electron chi connectivity index (χ3n) is 2.79. The van der Waals surface area contributed by atoms with Crippen LogP contribution in [0.4, 0.5) is 5.69 Å². The van der Waals surface area contributed by atoms with E-state index >= 15 is 0 Å². The molecule has 2 rings (SSSR count). The van der Waals surface area contributed by atoms with Crippen molar-refractivity contribution < 1.29 is 4.79 Å². The molecule has 1 aromatic carbocycles. The van der Waals surface area contributed by atoms with Gasteiger partial charge in [0.2, 0.25) is 0 Å². The molecular weight excluding hydrogens is 282 g/mol. The number of nitrogens with two attached hydrogens (primary N) is 1. The first-order valence-electron chi connectivity index (χ1n) is 6.23. The van der Waals surface area contributed by atoms with Crippen LogP contribution in [-0.2, 0) is 0 Å². The molecule has 0 radical (unpaired) electrons. The zero-order valence-electron chi connectivity index (χ0n) is 11.4. The number of aryl methyl sites for hydroxylation is 1. The number of hydrogen-bond acceptors (Lipinski definition) is 4. The molecule has 0 saturated carbocycles. The van der Waals surface area contributed by atoms with Crippen LogP contribution in [0.1, 0.15) is 26.4 Å². The summed E-state index contributed by atoms with van der Waals surface area (Å²) in [5, 5.41) is 13.5. The molecule has 2 aromatic rings. The summed E-state index contributed by atoms with van der Waals surface area (Å²) in [6.07, 6.45) is 0. The van der Waals surface area contributed by atoms with Crippen molar-refractivity contribution in [1.82, 2.24) is 0 Å². The molecule has 0 aliphatic heterocycles. The van der Waals surface area contributed by atoms with E-state index in [4.69, 9.17) is 11.0 Å². The fourth-order valence-corrected chi connectivity index (χ4v) is 2.43. The molecule has 0 unspecified atom stereocenters. The van der Waals surface area contributed by atoms with Gasteiger partial charge in [-0.3, -0.25) is 4.79 Å². The average Bonchev–Trinajstić information content (AvgIpc) is 2.96. The lowest BCUT2D eigenvalue weighted by Gasteiger charge is -2.07. The maximum absolute atomic E-state index is 12.2. The van der Waals surface area contributed by atoms with E-state index in [0.717, 1.165) is 10.4 Å². The predicted octanol–water partition coefficient (Wildman–Crippen LogP) is 2.49. The third kappa shape index (κ3) is 3.70. The highest BCUT2D eigenvalue weighted by Crippen LogP contribution is 2.19. The van der Waals surface area contributed by atoms with Gasteiger partial charge < -0.3 is 11.1 Å². The zero-order chi connectivity index (χ0) is 15.2. The number of nitrogens with one attached hydrogen (secondary N) is 1. The Morgan fingerprint density at radius 3 is 2.95 bits per heavy atom. The van der Waals surface area contributed by atoms with Gasteiger partial charge in [0, 0.05) is 11.1 Å². The largest absolute Gasteiger partial charge is 0.322 e. The van der Waals surface area contributed by atoms with Crippen LogP contribution in [-0.4, -0.2) is 12.5 Å². The minimum atomic E-state index is -0.217. The summed E-state index contributed by atoms with van der Waals surface area (Å²) in [5.41, 5.74) is 7.91. The van der Waals surface area contributed by atoms with E-state index in [-0.39, 0.29) is 5.91 Å². The smallest absolute Gasteiger partial charge is 0.256 e. The lowest BCUT2D eigenvalue weighted by Crippen LogP contribution is -2.11. The number of carbonyl (C=O) groups excluding carboxylic acids is 1. The van der Waals surface area contributed by atoms with Gasteiger partial charge in [-0.2, -0.15) is 5.26 Å². The number of carbonyl (C=O) groups is 1. The Hall–Kier alpha value is -2.60. The molecule has 0 fully saturated rings. The molecule has 1 aromatic heterocycles. The van der Waals surface area contributed by atoms with Gasteiger partial charge in [-0.05, 0) is 30.7 Å². The van der Waals surface area contributed by atoms with Gasteiger partial charge in [0.25, 0.3) is 5.91 Å². The Labute approximate surface area is 127 Å². The lowest BCUT2D eigenvalue weighted by atomic mass is 10.1. The lowest BCUT2D eigenvalue weighted by molar-refractivity contribution is 0.102. The molecule has 1 heterocycles. The molecule has 0 bridgehead atoms. The second kappa shape index (κ2) is 6.71. The van der Waals surface area contributed by atoms with Gasteiger partial charge in [-0.1, -0.05) is 17.9 Å². The molecule has 0 spiro atoms. The number of thiophene rings is 1. The van der Waals surface area contributed by atoms with Crippen LogP contribution in [0.25, 0.3) is 0 Å². The summed E-state index contributed by atoms with van der Waals surface area (Å²) >= 11 is 1.40. The summed E-state index contributed by atoms with van der Waals surface area (Å²) in [4.78, 5) is 13.0. The summed E-state index contributed by atoms with van der Waals surface area (Å²) in [5.74, 6) is 5.43. The fourth-order valence-electron chi connectivity index (χ4n) is 1.68. The van der Waals surface area contributed by atoms with Crippen molar-refractivity contribution in [2.45, 2.75) is 6.92 Å². The predicted molar refractivity (Wildman–Crippen MR) is 84.1 cm³/mol. The second-order valence-electron chi connectivity index (χ2n) is 4.30. The van der Waals surface area contributed by atoms with E-state index in [1.165, 1.54) is 11.3 Å². The monoisotopic (exact) mass is 295 g/mol. The maximum atomic E-state index is 12.2. The molecule has 21 heavy (non-hydrogen) atoms. The quantitative estimate of drug-likeness (QED) is 0.835. The van der Waals surface area contributed by atoms with Crippen molar-refractivity contribution in [3.05, 3.63) is 51.2 Å². The Kier molecular flexibility index (Phi) is 4.73. The van der Waals surface area contributed by atoms with Gasteiger partial charge in [-0.15, -0.1) is 11.3 Å². The van der Waals surface area contributed by atoms with Gasteiger partial charge in [0.1, 0.15) is 0 Å². The van der Waals surface area contributed by atoms with Crippen molar-refractivity contribution in [2.75, 3.05) is 11.9 Å². The highest BCUT2D eigenvalue weighted by Gasteiger charge is 2.10. The molecule has 3 N–H and O–H groups in total. The maximum Gasteiger partial charge on any atom is 0.256 e. The standard InChI is InChI=1S/C16H13N3OS/c1-11-4-5-12(9-18)7-15(11)19-16(20)13-8-14(21-10-13)3-2-6-17/h4-5,7-8,10H,6,17H2,1H3,(H,19,20). The Bertz CT molecular complexity index is 775. The third-order valence-corrected chi connectivity index (χ3v) is 3.64. The minimum Gasteiger partial charge on any atom is -0.322 e. The first-order valence-corrected chi connectivity index (χ1v) is 7.11. The molecule has 1 amide bonds.